The molecule has 0 amide bonds. The highest BCUT2D eigenvalue weighted by Gasteiger charge is 2.07. The number of aryl methyl sites for hydroxylation is 1. The Morgan fingerprint density at radius 3 is 2.29 bits per heavy atom. The number of phenols is 1. The van der Waals surface area contributed by atoms with Crippen molar-refractivity contribution < 1.29 is 5.11 Å². The van der Waals surface area contributed by atoms with Gasteiger partial charge in [-0.15, -0.1) is 0 Å². The Morgan fingerprint density at radius 1 is 1.00 bits per heavy atom. The van der Waals surface area contributed by atoms with Gasteiger partial charge < -0.3 is 10.4 Å². The summed E-state index contributed by atoms with van der Waals surface area (Å²) in [7, 11) is 0. The third-order valence-corrected chi connectivity index (χ3v) is 3.08. The van der Waals surface area contributed by atoms with E-state index in [0.29, 0.717) is 5.02 Å². The van der Waals surface area contributed by atoms with Crippen molar-refractivity contribution in [3.8, 4) is 5.75 Å². The van der Waals surface area contributed by atoms with Crippen molar-refractivity contribution in [2.24, 2.45) is 0 Å². The van der Waals surface area contributed by atoms with Crippen molar-refractivity contribution >= 4 is 23.0 Å². The fourth-order valence-electron chi connectivity index (χ4n) is 1.64. The summed E-state index contributed by atoms with van der Waals surface area (Å²) in [5.41, 5.74) is 3.82. The molecule has 0 saturated heterocycles. The number of nitrogens with one attached hydrogen (secondary N) is 1. The van der Waals surface area contributed by atoms with Crippen LogP contribution in [0.1, 0.15) is 11.1 Å². The fourth-order valence-corrected chi connectivity index (χ4v) is 1.76. The van der Waals surface area contributed by atoms with Gasteiger partial charge in [-0.05, 0) is 55.3 Å². The van der Waals surface area contributed by atoms with E-state index >= 15 is 0 Å². The molecule has 0 spiro atoms. The van der Waals surface area contributed by atoms with E-state index in [1.54, 1.807) is 6.07 Å². The van der Waals surface area contributed by atoms with Gasteiger partial charge in [-0.1, -0.05) is 17.7 Å². The Hall–Kier alpha value is -1.67. The molecule has 0 saturated carbocycles. The van der Waals surface area contributed by atoms with Gasteiger partial charge in [0.15, 0.2) is 0 Å². The maximum atomic E-state index is 9.84. The quantitative estimate of drug-likeness (QED) is 0.771. The topological polar surface area (TPSA) is 32.3 Å². The predicted molar refractivity (Wildman–Crippen MR) is 72.3 cm³/mol. The number of halogens is 1. The van der Waals surface area contributed by atoms with Gasteiger partial charge in [0, 0.05) is 10.7 Å². The number of hydrogen-bond acceptors (Lipinski definition) is 2. The Morgan fingerprint density at radius 2 is 1.65 bits per heavy atom. The highest BCUT2D eigenvalue weighted by Crippen LogP contribution is 2.32. The van der Waals surface area contributed by atoms with Crippen molar-refractivity contribution in [1.82, 2.24) is 0 Å². The molecule has 0 aromatic heterocycles. The molecule has 0 bridgehead atoms. The Balaban J connectivity index is 2.36. The van der Waals surface area contributed by atoms with Gasteiger partial charge in [0.2, 0.25) is 0 Å². The lowest BCUT2D eigenvalue weighted by molar-refractivity contribution is 0.477. The molecule has 3 heteroatoms. The molecule has 0 aliphatic heterocycles. The summed E-state index contributed by atoms with van der Waals surface area (Å²) in [5.74, 6) is 0.253. The third kappa shape index (κ3) is 2.53. The smallest absolute Gasteiger partial charge is 0.139 e. The van der Waals surface area contributed by atoms with E-state index in [9.17, 15) is 5.11 Å². The molecule has 0 heterocycles. The zero-order chi connectivity index (χ0) is 12.4. The highest BCUT2D eigenvalue weighted by molar-refractivity contribution is 6.30. The molecule has 0 unspecified atom stereocenters. The van der Waals surface area contributed by atoms with Gasteiger partial charge in [-0.3, -0.25) is 0 Å². The largest absolute Gasteiger partial charge is 0.506 e. The molecule has 0 atom stereocenters. The van der Waals surface area contributed by atoms with E-state index in [4.69, 9.17) is 11.6 Å². The predicted octanol–water partition coefficient (Wildman–Crippen LogP) is 4.41. The van der Waals surface area contributed by atoms with Gasteiger partial charge in [0.05, 0.1) is 5.69 Å². The molecule has 0 aliphatic rings. The monoisotopic (exact) mass is 247 g/mol. The van der Waals surface area contributed by atoms with Crippen LogP contribution in [0.4, 0.5) is 11.4 Å². The van der Waals surface area contributed by atoms with E-state index in [1.165, 1.54) is 0 Å². The minimum atomic E-state index is 0.253. The van der Waals surface area contributed by atoms with Crippen LogP contribution in [0.25, 0.3) is 0 Å². The molecule has 2 nitrogen and oxygen atoms in total. The molecule has 0 radical (unpaired) electrons. The summed E-state index contributed by atoms with van der Waals surface area (Å²) in [6, 6.07) is 11.0. The minimum Gasteiger partial charge on any atom is -0.506 e. The maximum Gasteiger partial charge on any atom is 0.139 e. The second-order valence-electron chi connectivity index (χ2n) is 4.03. The molecule has 2 aromatic rings. The van der Waals surface area contributed by atoms with Crippen molar-refractivity contribution in [1.29, 1.82) is 0 Å². The van der Waals surface area contributed by atoms with Crippen molar-refractivity contribution in [3.05, 3.63) is 52.5 Å². The molecule has 2 N–H and O–H groups in total. The molecule has 17 heavy (non-hydrogen) atoms. The number of aromatic hydroxyl groups is 1. The Labute approximate surface area is 106 Å². The number of phenolic OH excluding ortho intramolecular Hbond substituents is 1. The van der Waals surface area contributed by atoms with Gasteiger partial charge in [0.25, 0.3) is 0 Å². The Kier molecular flexibility index (Phi) is 3.25. The number of benzene rings is 2. The summed E-state index contributed by atoms with van der Waals surface area (Å²) in [6.07, 6.45) is 0. The van der Waals surface area contributed by atoms with Crippen LogP contribution in [0.3, 0.4) is 0 Å². The van der Waals surface area contributed by atoms with Gasteiger partial charge in [-0.2, -0.15) is 0 Å². The maximum absolute atomic E-state index is 9.84. The minimum absolute atomic E-state index is 0.253. The molecule has 0 fully saturated rings. The van der Waals surface area contributed by atoms with Crippen molar-refractivity contribution in [2.45, 2.75) is 13.8 Å². The van der Waals surface area contributed by atoms with Crippen LogP contribution >= 0.6 is 11.6 Å². The van der Waals surface area contributed by atoms with Crippen LogP contribution in [0.15, 0.2) is 36.4 Å². The summed E-state index contributed by atoms with van der Waals surface area (Å²) in [4.78, 5) is 0. The fraction of sp³-hybridized carbons (Fsp3) is 0.143. The number of rotatable bonds is 2. The molecule has 88 valence electrons. The van der Waals surface area contributed by atoms with Crippen molar-refractivity contribution in [3.63, 3.8) is 0 Å². The molecular formula is C14H14ClNO. The van der Waals surface area contributed by atoms with Gasteiger partial charge in [0.1, 0.15) is 5.75 Å². The first-order chi connectivity index (χ1) is 8.08. The van der Waals surface area contributed by atoms with Crippen LogP contribution in [0, 0.1) is 13.8 Å². The van der Waals surface area contributed by atoms with Crippen LogP contribution < -0.4 is 5.32 Å². The van der Waals surface area contributed by atoms with E-state index in [-0.39, 0.29) is 5.75 Å². The third-order valence-electron chi connectivity index (χ3n) is 2.83. The van der Waals surface area contributed by atoms with E-state index in [0.717, 1.165) is 22.5 Å². The van der Waals surface area contributed by atoms with Gasteiger partial charge in [-0.25, -0.2) is 0 Å². The molecule has 2 aromatic carbocycles. The first-order valence-electron chi connectivity index (χ1n) is 5.39. The molecular weight excluding hydrogens is 234 g/mol. The normalized spacial score (nSPS) is 10.3. The summed E-state index contributed by atoms with van der Waals surface area (Å²) in [6.45, 7) is 4.00. The lowest BCUT2D eigenvalue weighted by atomic mass is 10.1. The van der Waals surface area contributed by atoms with Crippen LogP contribution in [-0.2, 0) is 0 Å². The number of anilines is 2. The van der Waals surface area contributed by atoms with Crippen LogP contribution in [0.5, 0.6) is 5.75 Å². The zero-order valence-corrected chi connectivity index (χ0v) is 10.5. The highest BCUT2D eigenvalue weighted by atomic mass is 35.5. The first kappa shape index (κ1) is 11.8. The standard InChI is InChI=1S/C14H14ClNO/c1-9-3-8-13(17)14(10(9)2)16-12-6-4-11(15)5-7-12/h3-8,16-17H,1-2H3. The van der Waals surface area contributed by atoms with E-state index in [1.807, 2.05) is 44.2 Å². The summed E-state index contributed by atoms with van der Waals surface area (Å²) in [5, 5.41) is 13.7. The Bertz CT molecular complexity index is 535. The second kappa shape index (κ2) is 4.68. The SMILES string of the molecule is Cc1ccc(O)c(Nc2ccc(Cl)cc2)c1C. The zero-order valence-electron chi connectivity index (χ0n) is 9.79. The first-order valence-corrected chi connectivity index (χ1v) is 5.77. The second-order valence-corrected chi connectivity index (χ2v) is 4.47. The van der Waals surface area contributed by atoms with E-state index in [2.05, 4.69) is 5.32 Å². The van der Waals surface area contributed by atoms with Crippen LogP contribution in [0.2, 0.25) is 5.02 Å². The van der Waals surface area contributed by atoms with E-state index < -0.39 is 0 Å². The lowest BCUT2D eigenvalue weighted by Crippen LogP contribution is -1.95. The van der Waals surface area contributed by atoms with Crippen LogP contribution in [-0.4, -0.2) is 5.11 Å². The molecule has 0 aliphatic carbocycles. The lowest BCUT2D eigenvalue weighted by Gasteiger charge is -2.13. The van der Waals surface area contributed by atoms with Gasteiger partial charge >= 0.3 is 0 Å². The summed E-state index contributed by atoms with van der Waals surface area (Å²) < 4.78 is 0. The average Bonchev–Trinajstić information content (AvgIpc) is 2.32. The number of hydrogen-bond donors (Lipinski definition) is 2. The molecule has 2 rings (SSSR count). The summed E-state index contributed by atoms with van der Waals surface area (Å²) >= 11 is 5.83. The average molecular weight is 248 g/mol. The van der Waals surface area contributed by atoms with Crippen molar-refractivity contribution in [2.75, 3.05) is 5.32 Å².